The first-order valence-electron chi connectivity index (χ1n) is 2.87. The molecule has 0 saturated carbocycles. The smallest absolute Gasteiger partial charge is 1.00 e. The van der Waals surface area contributed by atoms with Gasteiger partial charge in [0.1, 0.15) is 0 Å². The van der Waals surface area contributed by atoms with E-state index in [1.165, 1.54) is 0 Å². The van der Waals surface area contributed by atoms with E-state index in [4.69, 9.17) is 4.55 Å². The first kappa shape index (κ1) is 10.9. The van der Waals surface area contributed by atoms with Crippen molar-refractivity contribution in [3.05, 3.63) is 29.8 Å². The van der Waals surface area contributed by atoms with Crippen LogP contribution >= 0.6 is 0 Å². The molecule has 56 valence electrons. The molecule has 0 spiro atoms. The van der Waals surface area contributed by atoms with Gasteiger partial charge in [0.05, 0.1) is 4.90 Å². The van der Waals surface area contributed by atoms with Crippen molar-refractivity contribution in [1.82, 2.24) is 0 Å². The summed E-state index contributed by atoms with van der Waals surface area (Å²) in [5.74, 6) is 0. The third kappa shape index (κ3) is 3.22. The molecule has 0 amide bonds. The normalized spacial score (nSPS) is 11.8. The molecule has 1 rings (SSSR count). The van der Waals surface area contributed by atoms with Crippen LogP contribution < -0.4 is 18.9 Å². The van der Waals surface area contributed by atoms with Crippen LogP contribution in [0.15, 0.2) is 29.2 Å². The Bertz CT molecular complexity index is 267. The van der Waals surface area contributed by atoms with Crippen LogP contribution in [0.4, 0.5) is 0 Å². The van der Waals surface area contributed by atoms with Crippen molar-refractivity contribution in [2.75, 3.05) is 0 Å². The first-order chi connectivity index (χ1) is 4.70. The maximum Gasteiger partial charge on any atom is 1.00 e. The minimum absolute atomic E-state index is 0. The van der Waals surface area contributed by atoms with Crippen molar-refractivity contribution < 1.29 is 29.0 Å². The van der Waals surface area contributed by atoms with Gasteiger partial charge in [-0.3, -0.25) is 0 Å². The Kier molecular flexibility index (Phi) is 4.70. The van der Waals surface area contributed by atoms with E-state index in [2.05, 4.69) is 0 Å². The molecule has 0 heterocycles. The van der Waals surface area contributed by atoms with Crippen molar-refractivity contribution in [3.8, 4) is 0 Å². The molecule has 1 aromatic carbocycles. The van der Waals surface area contributed by atoms with E-state index in [9.17, 15) is 4.21 Å². The summed E-state index contributed by atoms with van der Waals surface area (Å²) < 4.78 is 19.1. The molecule has 0 radical (unpaired) electrons. The van der Waals surface area contributed by atoms with Crippen molar-refractivity contribution in [2.45, 2.75) is 11.8 Å². The quantitative estimate of drug-likeness (QED) is 0.413. The molecule has 0 aliphatic carbocycles. The van der Waals surface area contributed by atoms with Gasteiger partial charge in [0.15, 0.2) is 11.1 Å². The zero-order chi connectivity index (χ0) is 7.56. The van der Waals surface area contributed by atoms with Crippen molar-refractivity contribution in [1.29, 1.82) is 0 Å². The van der Waals surface area contributed by atoms with E-state index in [1.807, 2.05) is 13.0 Å². The van der Waals surface area contributed by atoms with Gasteiger partial charge in [0.2, 0.25) is 0 Å². The molecule has 0 aliphatic rings. The molecule has 2 nitrogen and oxygen atoms in total. The summed E-state index contributed by atoms with van der Waals surface area (Å²) >= 11 is -1.84. The topological polar surface area (TPSA) is 37.3 Å². The molecule has 1 N–H and O–H groups in total. The van der Waals surface area contributed by atoms with E-state index < -0.39 is 11.1 Å². The van der Waals surface area contributed by atoms with Crippen LogP contribution in [0.2, 0.25) is 0 Å². The maximum absolute atomic E-state index is 10.5. The Morgan fingerprint density at radius 1 is 1.55 bits per heavy atom. The van der Waals surface area contributed by atoms with E-state index in [0.29, 0.717) is 4.90 Å². The number of rotatable bonds is 1. The van der Waals surface area contributed by atoms with Gasteiger partial charge in [0, 0.05) is 0 Å². The summed E-state index contributed by atoms with van der Waals surface area (Å²) in [5, 5.41) is 0. The minimum atomic E-state index is -1.84. The molecule has 0 saturated heterocycles. The summed E-state index contributed by atoms with van der Waals surface area (Å²) in [6.07, 6.45) is 0. The molecule has 11 heavy (non-hydrogen) atoms. The van der Waals surface area contributed by atoms with Gasteiger partial charge < -0.3 is 5.98 Å². The molecular formula is C7H9LiO2S. The Balaban J connectivity index is 0. The van der Waals surface area contributed by atoms with Gasteiger partial charge in [-0.2, -0.15) is 0 Å². The van der Waals surface area contributed by atoms with Crippen LogP contribution in [0.1, 0.15) is 6.99 Å². The monoisotopic (exact) mass is 164 g/mol. The SMILES string of the molecule is Cc1cccc(S(=O)O)c1.[H-].[Li+]. The van der Waals surface area contributed by atoms with Gasteiger partial charge in [0.25, 0.3) is 0 Å². The van der Waals surface area contributed by atoms with E-state index in [0.717, 1.165) is 5.56 Å². The molecule has 1 aromatic rings. The third-order valence-corrected chi connectivity index (χ3v) is 1.85. The van der Waals surface area contributed by atoms with Crippen LogP contribution in [0.5, 0.6) is 0 Å². The Morgan fingerprint density at radius 3 is 2.55 bits per heavy atom. The van der Waals surface area contributed by atoms with Gasteiger partial charge in [-0.25, -0.2) is 4.21 Å². The third-order valence-electron chi connectivity index (χ3n) is 1.19. The number of hydrogen-bond acceptors (Lipinski definition) is 1. The van der Waals surface area contributed by atoms with Crippen LogP contribution in [-0.4, -0.2) is 8.76 Å². The van der Waals surface area contributed by atoms with Gasteiger partial charge >= 0.3 is 18.9 Å². The molecule has 0 aliphatic heterocycles. The molecule has 1 unspecified atom stereocenters. The zero-order valence-corrected chi connectivity index (χ0v) is 7.39. The first-order valence-corrected chi connectivity index (χ1v) is 3.98. The second-order valence-corrected chi connectivity index (χ2v) is 3.04. The van der Waals surface area contributed by atoms with Gasteiger partial charge in [-0.15, -0.1) is 0 Å². The van der Waals surface area contributed by atoms with Crippen LogP contribution in [0.25, 0.3) is 0 Å². The summed E-state index contributed by atoms with van der Waals surface area (Å²) in [5.41, 5.74) is 1.000. The fourth-order valence-electron chi connectivity index (χ4n) is 0.724. The van der Waals surface area contributed by atoms with E-state index in [-0.39, 0.29) is 20.3 Å². The molecule has 0 aromatic heterocycles. The Labute approximate surface area is 82.0 Å². The second-order valence-electron chi connectivity index (χ2n) is 2.07. The Morgan fingerprint density at radius 2 is 2.18 bits per heavy atom. The van der Waals surface area contributed by atoms with Crippen LogP contribution in [0, 0.1) is 6.92 Å². The Hall–Kier alpha value is -0.0726. The maximum atomic E-state index is 10.5. The largest absolute Gasteiger partial charge is 1.00 e. The predicted molar refractivity (Wildman–Crippen MR) is 41.3 cm³/mol. The van der Waals surface area contributed by atoms with Crippen LogP contribution in [0.3, 0.4) is 0 Å². The van der Waals surface area contributed by atoms with E-state index >= 15 is 0 Å². The fraction of sp³-hybridized carbons (Fsp3) is 0.143. The standard InChI is InChI=1S/C7H8O2S.Li.H/c1-6-3-2-4-7(5-6)10(8)9;;/h2-5H,1H3,(H,8,9);;/q;+1;-1. The summed E-state index contributed by atoms with van der Waals surface area (Å²) in [7, 11) is 0. The van der Waals surface area contributed by atoms with Crippen molar-refractivity contribution in [2.24, 2.45) is 0 Å². The zero-order valence-electron chi connectivity index (χ0n) is 7.57. The summed E-state index contributed by atoms with van der Waals surface area (Å²) in [6.45, 7) is 1.89. The molecular weight excluding hydrogens is 155 g/mol. The van der Waals surface area contributed by atoms with E-state index in [1.54, 1.807) is 18.2 Å². The molecule has 0 bridgehead atoms. The van der Waals surface area contributed by atoms with Gasteiger partial charge in [-0.1, -0.05) is 12.1 Å². The number of benzene rings is 1. The number of aryl methyl sites for hydroxylation is 1. The average Bonchev–Trinajstić information content (AvgIpc) is 1.88. The summed E-state index contributed by atoms with van der Waals surface area (Å²) in [4.78, 5) is 0.458. The minimum Gasteiger partial charge on any atom is -1.00 e. The summed E-state index contributed by atoms with van der Waals surface area (Å²) in [6, 6.07) is 6.97. The fourth-order valence-corrected chi connectivity index (χ4v) is 1.21. The second kappa shape index (κ2) is 4.73. The van der Waals surface area contributed by atoms with Gasteiger partial charge in [-0.05, 0) is 24.6 Å². The van der Waals surface area contributed by atoms with Crippen molar-refractivity contribution in [3.63, 3.8) is 0 Å². The molecule has 0 fully saturated rings. The average molecular weight is 164 g/mol. The molecule has 1 atom stereocenters. The molecule has 4 heteroatoms. The predicted octanol–water partition coefficient (Wildman–Crippen LogP) is -1.31. The van der Waals surface area contributed by atoms with Crippen LogP contribution in [-0.2, 0) is 11.1 Å². The number of hydrogen-bond donors (Lipinski definition) is 1. The van der Waals surface area contributed by atoms with Crippen molar-refractivity contribution >= 4 is 11.1 Å².